The summed E-state index contributed by atoms with van der Waals surface area (Å²) in [5, 5.41) is 7.51. The van der Waals surface area contributed by atoms with Gasteiger partial charge in [0, 0.05) is 25.2 Å². The zero-order chi connectivity index (χ0) is 17.5. The second kappa shape index (κ2) is 8.16. The second-order valence-electron chi connectivity index (χ2n) is 5.81. The number of hydrogen-bond donors (Lipinski definition) is 3. The number of amides is 5. The molecule has 128 valence electrons. The van der Waals surface area contributed by atoms with Crippen molar-refractivity contribution in [3.05, 3.63) is 12.2 Å². The van der Waals surface area contributed by atoms with E-state index >= 15 is 0 Å². The second-order valence-corrected chi connectivity index (χ2v) is 5.81. The van der Waals surface area contributed by atoms with E-state index in [2.05, 4.69) is 16.0 Å². The van der Waals surface area contributed by atoms with Crippen LogP contribution >= 0.6 is 0 Å². The molecule has 1 heterocycles. The van der Waals surface area contributed by atoms with E-state index in [9.17, 15) is 19.2 Å². The van der Waals surface area contributed by atoms with E-state index in [0.717, 1.165) is 17.1 Å². The monoisotopic (exact) mass is 326 g/mol. The fourth-order valence-electron chi connectivity index (χ4n) is 1.60. The Morgan fingerprint density at radius 2 is 1.61 bits per heavy atom. The quantitative estimate of drug-likeness (QED) is 0.472. The number of hydrogen-bond acceptors (Lipinski definition) is 5. The van der Waals surface area contributed by atoms with Gasteiger partial charge in [0.15, 0.2) is 0 Å². The molecular formula is C14H22N4O5. The Labute approximate surface area is 134 Å². The molecule has 0 atom stereocenters. The maximum absolute atomic E-state index is 11.5. The minimum absolute atomic E-state index is 0.188. The first-order chi connectivity index (χ1) is 10.7. The van der Waals surface area contributed by atoms with Crippen LogP contribution < -0.4 is 16.0 Å². The molecule has 1 aliphatic heterocycles. The van der Waals surface area contributed by atoms with Crippen LogP contribution in [0.2, 0.25) is 0 Å². The molecule has 0 aromatic carbocycles. The highest BCUT2D eigenvalue weighted by molar-refractivity contribution is 6.12. The van der Waals surface area contributed by atoms with Gasteiger partial charge in [0.2, 0.25) is 0 Å². The van der Waals surface area contributed by atoms with Gasteiger partial charge >= 0.3 is 12.1 Å². The summed E-state index contributed by atoms with van der Waals surface area (Å²) in [6, 6.07) is -0.505. The lowest BCUT2D eigenvalue weighted by Crippen LogP contribution is -2.45. The molecule has 0 saturated heterocycles. The smallest absolute Gasteiger partial charge is 0.407 e. The highest BCUT2D eigenvalue weighted by Crippen LogP contribution is 2.06. The highest BCUT2D eigenvalue weighted by Gasteiger charge is 2.23. The fourth-order valence-corrected chi connectivity index (χ4v) is 1.60. The zero-order valence-corrected chi connectivity index (χ0v) is 13.5. The molecule has 9 heteroatoms. The van der Waals surface area contributed by atoms with Crippen molar-refractivity contribution < 1.29 is 23.9 Å². The normalized spacial score (nSPS) is 14.0. The highest BCUT2D eigenvalue weighted by atomic mass is 16.6. The number of nitrogens with zero attached hydrogens (tertiary/aromatic N) is 1. The minimum atomic E-state index is -0.554. The number of ether oxygens (including phenoxy) is 1. The lowest BCUT2D eigenvalue weighted by Gasteiger charge is -2.19. The van der Waals surface area contributed by atoms with Gasteiger partial charge in [-0.2, -0.15) is 0 Å². The number of urea groups is 1. The molecule has 0 aliphatic carbocycles. The molecule has 0 radical (unpaired) electrons. The topological polar surface area (TPSA) is 117 Å². The summed E-state index contributed by atoms with van der Waals surface area (Å²) in [7, 11) is 0. The predicted molar refractivity (Wildman–Crippen MR) is 81.2 cm³/mol. The molecule has 5 amide bonds. The number of alkyl carbamates (subject to hydrolysis) is 1. The van der Waals surface area contributed by atoms with Gasteiger partial charge in [0.1, 0.15) is 12.3 Å². The zero-order valence-electron chi connectivity index (χ0n) is 13.5. The summed E-state index contributed by atoms with van der Waals surface area (Å²) in [5.41, 5.74) is -0.554. The van der Waals surface area contributed by atoms with Crippen molar-refractivity contribution in [2.24, 2.45) is 0 Å². The van der Waals surface area contributed by atoms with Gasteiger partial charge in [0.05, 0.1) is 0 Å². The van der Waals surface area contributed by atoms with Crippen LogP contribution in [0.25, 0.3) is 0 Å². The van der Waals surface area contributed by atoms with Gasteiger partial charge in [-0.15, -0.1) is 0 Å². The van der Waals surface area contributed by atoms with E-state index in [0.29, 0.717) is 19.5 Å². The van der Waals surface area contributed by atoms with Crippen molar-refractivity contribution in [3.63, 3.8) is 0 Å². The molecule has 9 nitrogen and oxygen atoms in total. The van der Waals surface area contributed by atoms with E-state index in [1.807, 2.05) is 0 Å². The van der Waals surface area contributed by atoms with Crippen LogP contribution in [0.15, 0.2) is 12.2 Å². The Bertz CT molecular complexity index is 492. The Kier molecular flexibility index (Phi) is 6.55. The van der Waals surface area contributed by atoms with Crippen molar-refractivity contribution in [2.45, 2.75) is 32.8 Å². The van der Waals surface area contributed by atoms with Gasteiger partial charge in [-0.05, 0) is 27.2 Å². The first-order valence-corrected chi connectivity index (χ1v) is 7.21. The van der Waals surface area contributed by atoms with Crippen LogP contribution in [0.3, 0.4) is 0 Å². The maximum atomic E-state index is 11.5. The Balaban J connectivity index is 2.07. The number of carbonyl (C=O) groups excluding carboxylic acids is 4. The summed E-state index contributed by atoms with van der Waals surface area (Å²) in [6.07, 6.45) is 2.28. The SMILES string of the molecule is CC(C)(C)OC(=O)NCCCNC(=O)NCN1C(=O)C=CC1=O. The van der Waals surface area contributed by atoms with Crippen molar-refractivity contribution in [1.29, 1.82) is 0 Å². The average Bonchev–Trinajstić information content (AvgIpc) is 2.73. The first-order valence-electron chi connectivity index (χ1n) is 7.21. The largest absolute Gasteiger partial charge is 0.444 e. The molecule has 0 spiro atoms. The Morgan fingerprint density at radius 3 is 2.17 bits per heavy atom. The standard InChI is InChI=1S/C14H22N4O5/c1-14(2,3)23-13(22)16-8-4-7-15-12(21)17-9-18-10(19)5-6-11(18)20/h5-6H,4,7-9H2,1-3H3,(H,16,22)(H2,15,17,21). The van der Waals surface area contributed by atoms with Crippen LogP contribution in [0.5, 0.6) is 0 Å². The molecule has 0 aromatic heterocycles. The Morgan fingerprint density at radius 1 is 1.04 bits per heavy atom. The molecule has 0 fully saturated rings. The van der Waals surface area contributed by atoms with Gasteiger partial charge in [-0.3, -0.25) is 14.5 Å². The van der Waals surface area contributed by atoms with Crippen LogP contribution in [0.1, 0.15) is 27.2 Å². The van der Waals surface area contributed by atoms with E-state index in [-0.39, 0.29) is 6.67 Å². The summed E-state index contributed by atoms with van der Waals surface area (Å²) >= 11 is 0. The molecule has 0 unspecified atom stereocenters. The Hall–Kier alpha value is -2.58. The van der Waals surface area contributed by atoms with Gasteiger partial charge in [0.25, 0.3) is 11.8 Å². The lowest BCUT2D eigenvalue weighted by molar-refractivity contribution is -0.136. The van der Waals surface area contributed by atoms with Crippen LogP contribution in [-0.4, -0.2) is 54.2 Å². The summed E-state index contributed by atoms with van der Waals surface area (Å²) in [5.74, 6) is -0.922. The van der Waals surface area contributed by atoms with Crippen molar-refractivity contribution in [2.75, 3.05) is 19.8 Å². The third-order valence-corrected chi connectivity index (χ3v) is 2.61. The van der Waals surface area contributed by atoms with E-state index in [4.69, 9.17) is 4.74 Å². The predicted octanol–water partition coefficient (Wildman–Crippen LogP) is 0.0829. The van der Waals surface area contributed by atoms with Gasteiger partial charge in [-0.1, -0.05) is 0 Å². The van der Waals surface area contributed by atoms with Crippen LogP contribution in [-0.2, 0) is 14.3 Å². The van der Waals surface area contributed by atoms with E-state index < -0.39 is 29.5 Å². The number of nitrogens with one attached hydrogen (secondary N) is 3. The van der Waals surface area contributed by atoms with Crippen molar-refractivity contribution in [1.82, 2.24) is 20.9 Å². The van der Waals surface area contributed by atoms with Crippen LogP contribution in [0.4, 0.5) is 9.59 Å². The lowest BCUT2D eigenvalue weighted by atomic mass is 10.2. The fraction of sp³-hybridized carbons (Fsp3) is 0.571. The molecule has 3 N–H and O–H groups in total. The number of imide groups is 1. The first kappa shape index (κ1) is 18.5. The summed E-state index contributed by atoms with van der Waals surface area (Å²) < 4.78 is 5.06. The minimum Gasteiger partial charge on any atom is -0.444 e. The molecule has 0 bridgehead atoms. The molecular weight excluding hydrogens is 304 g/mol. The third kappa shape index (κ3) is 7.30. The van der Waals surface area contributed by atoms with E-state index in [1.54, 1.807) is 20.8 Å². The number of rotatable bonds is 6. The molecule has 1 aliphatic rings. The van der Waals surface area contributed by atoms with Gasteiger partial charge < -0.3 is 20.7 Å². The van der Waals surface area contributed by atoms with Gasteiger partial charge in [-0.25, -0.2) is 9.59 Å². The summed E-state index contributed by atoms with van der Waals surface area (Å²) in [6.45, 7) is 5.79. The average molecular weight is 326 g/mol. The van der Waals surface area contributed by atoms with Crippen molar-refractivity contribution >= 4 is 23.9 Å². The number of carbonyl (C=O) groups is 4. The maximum Gasteiger partial charge on any atom is 0.407 e. The third-order valence-electron chi connectivity index (χ3n) is 2.61. The molecule has 1 rings (SSSR count). The van der Waals surface area contributed by atoms with Crippen LogP contribution in [0, 0.1) is 0 Å². The molecule has 23 heavy (non-hydrogen) atoms. The van der Waals surface area contributed by atoms with Crippen molar-refractivity contribution in [3.8, 4) is 0 Å². The molecule has 0 aromatic rings. The molecule has 0 saturated carbocycles. The van der Waals surface area contributed by atoms with E-state index in [1.165, 1.54) is 0 Å². The summed E-state index contributed by atoms with van der Waals surface area (Å²) in [4.78, 5) is 46.3.